The summed E-state index contributed by atoms with van der Waals surface area (Å²) in [6.45, 7) is 1.89. The first-order chi connectivity index (χ1) is 7.74. The Kier molecular flexibility index (Phi) is 3.27. The van der Waals surface area contributed by atoms with Crippen LogP contribution in [0.5, 0.6) is 0 Å². The molecule has 0 aromatic carbocycles. The van der Waals surface area contributed by atoms with Gasteiger partial charge < -0.3 is 9.63 Å². The maximum absolute atomic E-state index is 11.2. The van der Waals surface area contributed by atoms with Crippen LogP contribution in [0.4, 0.5) is 0 Å². The normalized spacial score (nSPS) is 17.6. The lowest BCUT2D eigenvalue weighted by Gasteiger charge is -2.19. The topological polar surface area (TPSA) is 63.3 Å². The van der Waals surface area contributed by atoms with Crippen molar-refractivity contribution in [3.05, 3.63) is 17.0 Å². The highest BCUT2D eigenvalue weighted by molar-refractivity contribution is 5.90. The van der Waals surface area contributed by atoms with Crippen molar-refractivity contribution in [3.63, 3.8) is 0 Å². The van der Waals surface area contributed by atoms with Crippen molar-refractivity contribution >= 4 is 5.97 Å². The highest BCUT2D eigenvalue weighted by atomic mass is 16.5. The summed E-state index contributed by atoms with van der Waals surface area (Å²) < 4.78 is 5.13. The zero-order valence-corrected chi connectivity index (χ0v) is 9.53. The molecule has 88 valence electrons. The predicted octanol–water partition coefficient (Wildman–Crippen LogP) is 2.98. The summed E-state index contributed by atoms with van der Waals surface area (Å²) in [4.78, 5) is 11.2. The lowest BCUT2D eigenvalue weighted by molar-refractivity contribution is 0.0692. The summed E-state index contributed by atoms with van der Waals surface area (Å²) in [5, 5.41) is 13.2. The smallest absolute Gasteiger partial charge is 0.341 e. The molecule has 16 heavy (non-hydrogen) atoms. The van der Waals surface area contributed by atoms with Crippen molar-refractivity contribution in [1.29, 1.82) is 0 Å². The standard InChI is InChI=1S/C12H17NO3/c1-2-9-10(12(14)15)11(13-16-9)8-6-4-3-5-7-8/h8H,2-7H2,1H3,(H,14,15). The van der Waals surface area contributed by atoms with Gasteiger partial charge in [-0.1, -0.05) is 31.3 Å². The molecule has 1 aliphatic carbocycles. The minimum Gasteiger partial charge on any atom is -0.477 e. The van der Waals surface area contributed by atoms with Crippen LogP contribution in [0, 0.1) is 0 Å². The fourth-order valence-corrected chi connectivity index (χ4v) is 2.46. The van der Waals surface area contributed by atoms with E-state index in [1.165, 1.54) is 6.42 Å². The summed E-state index contributed by atoms with van der Waals surface area (Å²) in [7, 11) is 0. The monoisotopic (exact) mass is 223 g/mol. The molecule has 0 radical (unpaired) electrons. The fourth-order valence-electron chi connectivity index (χ4n) is 2.46. The van der Waals surface area contributed by atoms with Gasteiger partial charge in [0, 0.05) is 12.3 Å². The van der Waals surface area contributed by atoms with E-state index in [1.807, 2.05) is 6.92 Å². The van der Waals surface area contributed by atoms with Gasteiger partial charge >= 0.3 is 5.97 Å². The molecule has 1 N–H and O–H groups in total. The van der Waals surface area contributed by atoms with Crippen molar-refractivity contribution in [2.24, 2.45) is 0 Å². The summed E-state index contributed by atoms with van der Waals surface area (Å²) in [6.07, 6.45) is 6.24. The largest absolute Gasteiger partial charge is 0.477 e. The third-order valence-corrected chi connectivity index (χ3v) is 3.32. The van der Waals surface area contributed by atoms with Crippen LogP contribution in [-0.4, -0.2) is 16.2 Å². The van der Waals surface area contributed by atoms with Crippen LogP contribution in [-0.2, 0) is 6.42 Å². The van der Waals surface area contributed by atoms with E-state index in [4.69, 9.17) is 4.52 Å². The third kappa shape index (κ3) is 1.96. The molecular formula is C12H17NO3. The van der Waals surface area contributed by atoms with Gasteiger partial charge in [-0.05, 0) is 12.8 Å². The molecule has 0 spiro atoms. The van der Waals surface area contributed by atoms with Gasteiger partial charge in [-0.3, -0.25) is 0 Å². The van der Waals surface area contributed by atoms with E-state index in [2.05, 4.69) is 5.16 Å². The molecule has 0 unspecified atom stereocenters. The average molecular weight is 223 g/mol. The summed E-state index contributed by atoms with van der Waals surface area (Å²) in [5.74, 6) is -0.115. The number of aromatic carboxylic acids is 1. The summed E-state index contributed by atoms with van der Waals surface area (Å²) in [5.41, 5.74) is 0.985. The fraction of sp³-hybridized carbons (Fsp3) is 0.667. The Bertz CT molecular complexity index is 378. The molecule has 1 aromatic rings. The van der Waals surface area contributed by atoms with Crippen LogP contribution in [0.2, 0.25) is 0 Å². The third-order valence-electron chi connectivity index (χ3n) is 3.32. The molecule has 0 atom stereocenters. The Labute approximate surface area is 94.6 Å². The maximum Gasteiger partial charge on any atom is 0.341 e. The lowest BCUT2D eigenvalue weighted by atomic mass is 9.85. The van der Waals surface area contributed by atoms with Gasteiger partial charge in [0.05, 0.1) is 0 Å². The van der Waals surface area contributed by atoms with E-state index in [-0.39, 0.29) is 5.92 Å². The second-order valence-electron chi connectivity index (χ2n) is 4.36. The molecule has 1 aromatic heterocycles. The maximum atomic E-state index is 11.2. The highest BCUT2D eigenvalue weighted by Crippen LogP contribution is 2.34. The van der Waals surface area contributed by atoms with Crippen molar-refractivity contribution in [1.82, 2.24) is 5.16 Å². The van der Waals surface area contributed by atoms with Gasteiger partial charge in [0.15, 0.2) is 5.76 Å². The van der Waals surface area contributed by atoms with Crippen LogP contribution in [0.15, 0.2) is 4.52 Å². The van der Waals surface area contributed by atoms with E-state index >= 15 is 0 Å². The Morgan fingerprint density at radius 1 is 1.44 bits per heavy atom. The molecule has 1 saturated carbocycles. The summed E-state index contributed by atoms with van der Waals surface area (Å²) >= 11 is 0. The second kappa shape index (κ2) is 4.68. The number of carboxylic acids is 1. The number of aromatic nitrogens is 1. The first kappa shape index (κ1) is 11.2. The molecule has 0 aliphatic heterocycles. The Balaban J connectivity index is 2.32. The van der Waals surface area contributed by atoms with Gasteiger partial charge in [-0.15, -0.1) is 0 Å². The molecule has 1 aliphatic rings. The molecule has 4 nitrogen and oxygen atoms in total. The van der Waals surface area contributed by atoms with Crippen molar-refractivity contribution in [3.8, 4) is 0 Å². The Morgan fingerprint density at radius 2 is 2.12 bits per heavy atom. The molecule has 0 bridgehead atoms. The molecule has 4 heteroatoms. The number of nitrogens with zero attached hydrogens (tertiary/aromatic N) is 1. The minimum atomic E-state index is -0.904. The van der Waals surface area contributed by atoms with Crippen LogP contribution < -0.4 is 0 Å². The van der Waals surface area contributed by atoms with Crippen LogP contribution in [0.25, 0.3) is 0 Å². The van der Waals surface area contributed by atoms with Crippen LogP contribution in [0.3, 0.4) is 0 Å². The summed E-state index contributed by atoms with van der Waals surface area (Å²) in [6, 6.07) is 0. The SMILES string of the molecule is CCc1onc(C2CCCCC2)c1C(=O)O. The molecule has 1 heterocycles. The number of hydrogen-bond acceptors (Lipinski definition) is 3. The van der Waals surface area contributed by atoms with E-state index < -0.39 is 5.97 Å². The van der Waals surface area contributed by atoms with Gasteiger partial charge in [-0.2, -0.15) is 0 Å². The highest BCUT2D eigenvalue weighted by Gasteiger charge is 2.28. The molecular weight excluding hydrogens is 206 g/mol. The first-order valence-electron chi connectivity index (χ1n) is 5.95. The Hall–Kier alpha value is -1.32. The number of aryl methyl sites for hydroxylation is 1. The van der Waals surface area contributed by atoms with Crippen LogP contribution in [0.1, 0.15) is 66.8 Å². The minimum absolute atomic E-state index is 0.281. The van der Waals surface area contributed by atoms with E-state index in [0.717, 1.165) is 25.7 Å². The van der Waals surface area contributed by atoms with Gasteiger partial charge in [0.25, 0.3) is 0 Å². The van der Waals surface area contributed by atoms with Crippen molar-refractivity contribution in [2.45, 2.75) is 51.4 Å². The number of rotatable bonds is 3. The van der Waals surface area contributed by atoms with Crippen LogP contribution >= 0.6 is 0 Å². The number of carboxylic acid groups (broad SMARTS) is 1. The molecule has 1 fully saturated rings. The first-order valence-corrected chi connectivity index (χ1v) is 5.95. The second-order valence-corrected chi connectivity index (χ2v) is 4.36. The number of hydrogen-bond donors (Lipinski definition) is 1. The van der Waals surface area contributed by atoms with E-state index in [1.54, 1.807) is 0 Å². The van der Waals surface area contributed by atoms with E-state index in [9.17, 15) is 9.90 Å². The van der Waals surface area contributed by atoms with Gasteiger partial charge in [0.1, 0.15) is 11.3 Å². The van der Waals surface area contributed by atoms with Gasteiger partial charge in [0.2, 0.25) is 0 Å². The average Bonchev–Trinajstić information content (AvgIpc) is 2.73. The van der Waals surface area contributed by atoms with Gasteiger partial charge in [-0.25, -0.2) is 4.79 Å². The molecule has 0 amide bonds. The zero-order chi connectivity index (χ0) is 11.5. The number of carbonyl (C=O) groups is 1. The van der Waals surface area contributed by atoms with Crippen molar-refractivity contribution < 1.29 is 14.4 Å². The quantitative estimate of drug-likeness (QED) is 0.855. The predicted molar refractivity (Wildman–Crippen MR) is 58.7 cm³/mol. The lowest BCUT2D eigenvalue weighted by Crippen LogP contribution is -2.10. The van der Waals surface area contributed by atoms with Crippen molar-refractivity contribution in [2.75, 3.05) is 0 Å². The Morgan fingerprint density at radius 3 is 2.69 bits per heavy atom. The zero-order valence-electron chi connectivity index (χ0n) is 9.53. The molecule has 0 saturated heterocycles. The molecule has 2 rings (SSSR count). The van der Waals surface area contributed by atoms with E-state index in [0.29, 0.717) is 23.4 Å².